The second kappa shape index (κ2) is 7.73. The number of benzene rings is 1. The molecular formula is C17H17ClN4O3. The van der Waals surface area contributed by atoms with Gasteiger partial charge < -0.3 is 20.4 Å². The van der Waals surface area contributed by atoms with Crippen molar-refractivity contribution in [3.8, 4) is 11.8 Å². The zero-order chi connectivity index (χ0) is 18.6. The third-order valence-corrected chi connectivity index (χ3v) is 3.88. The fourth-order valence-corrected chi connectivity index (χ4v) is 2.49. The fraction of sp³-hybridized carbons (Fsp3) is 0.235. The highest BCUT2D eigenvalue weighted by Gasteiger charge is 2.22. The monoisotopic (exact) mass is 360 g/mol. The smallest absolute Gasteiger partial charge is 0.357 e. The number of nitrogens with zero attached hydrogens (tertiary/aromatic N) is 2. The number of rotatable bonds is 5. The van der Waals surface area contributed by atoms with Gasteiger partial charge in [-0.3, -0.25) is 4.79 Å². The van der Waals surface area contributed by atoms with Crippen LogP contribution in [-0.2, 0) is 4.74 Å². The number of nitrogen functional groups attached to an aromatic ring is 1. The lowest BCUT2D eigenvalue weighted by Crippen LogP contribution is -2.24. The summed E-state index contributed by atoms with van der Waals surface area (Å²) in [6, 6.07) is 6.61. The first-order chi connectivity index (χ1) is 11.9. The number of carbonyl (C=O) groups excluding carboxylic acids is 2. The zero-order valence-electron chi connectivity index (χ0n) is 13.8. The van der Waals surface area contributed by atoms with Crippen molar-refractivity contribution in [3.63, 3.8) is 0 Å². The van der Waals surface area contributed by atoms with E-state index in [0.29, 0.717) is 12.2 Å². The zero-order valence-corrected chi connectivity index (χ0v) is 14.6. The van der Waals surface area contributed by atoms with Gasteiger partial charge in [-0.25, -0.2) is 4.79 Å². The Kier molecular flexibility index (Phi) is 5.67. The standard InChI is InChI=1S/C17H17ClN4O3/c1-3-6-21-16(23)12-7-11(4-5-13(12)18)22-9-10(8-19)14(20)15(22)17(24)25-2/h4-5,7,9H,3,6,20H2,1-2H3,(H,21,23). The van der Waals surface area contributed by atoms with E-state index in [1.165, 1.54) is 23.9 Å². The van der Waals surface area contributed by atoms with Crippen LogP contribution in [0.2, 0.25) is 5.02 Å². The number of aromatic nitrogens is 1. The normalized spacial score (nSPS) is 10.2. The summed E-state index contributed by atoms with van der Waals surface area (Å²) in [6.07, 6.45) is 2.20. The van der Waals surface area contributed by atoms with Crippen LogP contribution in [-0.4, -0.2) is 30.1 Å². The molecule has 1 aromatic carbocycles. The molecule has 8 heteroatoms. The van der Waals surface area contributed by atoms with Gasteiger partial charge in [0.15, 0.2) is 5.69 Å². The number of halogens is 1. The molecule has 0 aliphatic carbocycles. The minimum atomic E-state index is -0.689. The molecule has 0 radical (unpaired) electrons. The summed E-state index contributed by atoms with van der Waals surface area (Å²) in [5.74, 6) is -1.01. The van der Waals surface area contributed by atoms with E-state index < -0.39 is 5.97 Å². The van der Waals surface area contributed by atoms with E-state index in [2.05, 4.69) is 5.32 Å². The molecular weight excluding hydrogens is 344 g/mol. The van der Waals surface area contributed by atoms with E-state index in [4.69, 9.17) is 27.3 Å². The third-order valence-electron chi connectivity index (χ3n) is 3.55. The lowest BCUT2D eigenvalue weighted by Gasteiger charge is -2.11. The van der Waals surface area contributed by atoms with Crippen LogP contribution < -0.4 is 11.1 Å². The van der Waals surface area contributed by atoms with Gasteiger partial charge in [0.1, 0.15) is 6.07 Å². The van der Waals surface area contributed by atoms with Crippen molar-refractivity contribution < 1.29 is 14.3 Å². The maximum absolute atomic E-state index is 12.2. The molecule has 3 N–H and O–H groups in total. The third kappa shape index (κ3) is 3.59. The molecule has 130 valence electrons. The lowest BCUT2D eigenvalue weighted by molar-refractivity contribution is 0.0593. The first kappa shape index (κ1) is 18.4. The predicted octanol–water partition coefficient (Wildman–Crippen LogP) is 2.51. The van der Waals surface area contributed by atoms with Gasteiger partial charge >= 0.3 is 5.97 Å². The van der Waals surface area contributed by atoms with Crippen molar-refractivity contribution in [1.29, 1.82) is 5.26 Å². The van der Waals surface area contributed by atoms with Gasteiger partial charge in [0, 0.05) is 18.4 Å². The van der Waals surface area contributed by atoms with E-state index >= 15 is 0 Å². The number of nitriles is 1. The van der Waals surface area contributed by atoms with Crippen LogP contribution in [0.5, 0.6) is 0 Å². The molecule has 0 aliphatic heterocycles. The molecule has 7 nitrogen and oxygen atoms in total. The van der Waals surface area contributed by atoms with Crippen LogP contribution in [0, 0.1) is 11.3 Å². The second-order valence-corrected chi connectivity index (χ2v) is 5.61. The SMILES string of the molecule is CCCNC(=O)c1cc(-n2cc(C#N)c(N)c2C(=O)OC)ccc1Cl. The van der Waals surface area contributed by atoms with Crippen LogP contribution >= 0.6 is 11.6 Å². The molecule has 0 atom stereocenters. The molecule has 2 rings (SSSR count). The van der Waals surface area contributed by atoms with Crippen LogP contribution in [0.4, 0.5) is 5.69 Å². The Balaban J connectivity index is 2.58. The summed E-state index contributed by atoms with van der Waals surface area (Å²) >= 11 is 6.11. The van der Waals surface area contributed by atoms with Crippen molar-refractivity contribution in [2.24, 2.45) is 0 Å². The fourth-order valence-electron chi connectivity index (χ4n) is 2.29. The summed E-state index contributed by atoms with van der Waals surface area (Å²) in [5.41, 5.74) is 6.75. The van der Waals surface area contributed by atoms with Crippen LogP contribution in [0.15, 0.2) is 24.4 Å². The number of carbonyl (C=O) groups is 2. The average Bonchev–Trinajstić information content (AvgIpc) is 2.95. The Hall–Kier alpha value is -2.98. The van der Waals surface area contributed by atoms with Crippen molar-refractivity contribution in [2.75, 3.05) is 19.4 Å². The summed E-state index contributed by atoms with van der Waals surface area (Å²) < 4.78 is 6.15. The Morgan fingerprint density at radius 3 is 2.76 bits per heavy atom. The molecule has 0 fully saturated rings. The number of amides is 1. The average molecular weight is 361 g/mol. The van der Waals surface area contributed by atoms with E-state index in [0.717, 1.165) is 6.42 Å². The minimum Gasteiger partial charge on any atom is -0.464 e. The molecule has 2 aromatic rings. The largest absolute Gasteiger partial charge is 0.464 e. The number of esters is 1. The lowest BCUT2D eigenvalue weighted by atomic mass is 10.1. The van der Waals surface area contributed by atoms with Gasteiger partial charge in [0.25, 0.3) is 5.91 Å². The van der Waals surface area contributed by atoms with Gasteiger partial charge in [0.05, 0.1) is 28.9 Å². The van der Waals surface area contributed by atoms with Gasteiger partial charge in [0.2, 0.25) is 0 Å². The van der Waals surface area contributed by atoms with E-state index in [1.807, 2.05) is 13.0 Å². The first-order valence-corrected chi connectivity index (χ1v) is 7.89. The van der Waals surface area contributed by atoms with Crippen molar-refractivity contribution in [1.82, 2.24) is 9.88 Å². The molecule has 0 bridgehead atoms. The summed E-state index contributed by atoms with van der Waals surface area (Å²) in [4.78, 5) is 24.3. The maximum Gasteiger partial charge on any atom is 0.357 e. The number of methoxy groups -OCH3 is 1. The predicted molar refractivity (Wildman–Crippen MR) is 93.9 cm³/mol. The number of nitrogens with two attached hydrogens (primary N) is 1. The Labute approximate surface area is 149 Å². The maximum atomic E-state index is 12.2. The highest BCUT2D eigenvalue weighted by atomic mass is 35.5. The molecule has 0 saturated heterocycles. The number of nitrogens with one attached hydrogen (secondary N) is 1. The minimum absolute atomic E-state index is 0.0151. The first-order valence-electron chi connectivity index (χ1n) is 7.51. The van der Waals surface area contributed by atoms with Gasteiger partial charge in [-0.2, -0.15) is 5.26 Å². The van der Waals surface area contributed by atoms with Crippen molar-refractivity contribution >= 4 is 29.2 Å². The van der Waals surface area contributed by atoms with E-state index in [-0.39, 0.29) is 33.4 Å². The van der Waals surface area contributed by atoms with E-state index in [1.54, 1.807) is 12.1 Å². The molecule has 0 unspecified atom stereocenters. The second-order valence-electron chi connectivity index (χ2n) is 5.20. The Morgan fingerprint density at radius 2 is 2.16 bits per heavy atom. The molecule has 1 heterocycles. The molecule has 25 heavy (non-hydrogen) atoms. The van der Waals surface area contributed by atoms with Crippen LogP contribution in [0.3, 0.4) is 0 Å². The van der Waals surface area contributed by atoms with Crippen molar-refractivity contribution in [2.45, 2.75) is 13.3 Å². The number of anilines is 1. The summed E-state index contributed by atoms with van der Waals surface area (Å²) in [5, 5.41) is 12.2. The van der Waals surface area contributed by atoms with Gasteiger partial charge in [-0.05, 0) is 24.6 Å². The highest BCUT2D eigenvalue weighted by molar-refractivity contribution is 6.33. The summed E-state index contributed by atoms with van der Waals surface area (Å²) in [6.45, 7) is 2.45. The van der Waals surface area contributed by atoms with E-state index in [9.17, 15) is 9.59 Å². The van der Waals surface area contributed by atoms with Gasteiger partial charge in [-0.1, -0.05) is 18.5 Å². The Morgan fingerprint density at radius 1 is 1.44 bits per heavy atom. The van der Waals surface area contributed by atoms with Crippen LogP contribution in [0.25, 0.3) is 5.69 Å². The molecule has 0 spiro atoms. The van der Waals surface area contributed by atoms with Crippen LogP contribution in [0.1, 0.15) is 39.8 Å². The summed E-state index contributed by atoms with van der Waals surface area (Å²) in [7, 11) is 1.22. The number of hydrogen-bond donors (Lipinski definition) is 2. The molecule has 1 aromatic heterocycles. The molecule has 1 amide bonds. The van der Waals surface area contributed by atoms with Gasteiger partial charge in [-0.15, -0.1) is 0 Å². The van der Waals surface area contributed by atoms with Crippen molar-refractivity contribution in [3.05, 3.63) is 46.2 Å². The number of hydrogen-bond acceptors (Lipinski definition) is 5. The quantitative estimate of drug-likeness (QED) is 0.796. The highest BCUT2D eigenvalue weighted by Crippen LogP contribution is 2.27. The molecule has 0 aliphatic rings. The molecule has 0 saturated carbocycles. The Bertz CT molecular complexity index is 868. The number of ether oxygens (including phenoxy) is 1. The topological polar surface area (TPSA) is 110 Å².